The van der Waals surface area contributed by atoms with Gasteiger partial charge in [0.25, 0.3) is 6.17 Å². The Bertz CT molecular complexity index is 60.6. The summed E-state index contributed by atoms with van der Waals surface area (Å²) in [5.74, 6) is 0. The summed E-state index contributed by atoms with van der Waals surface area (Å²) >= 11 is 0. The average molecular weight is 90.1 g/mol. The normalized spacial score (nSPS) is 13.7. The van der Waals surface area contributed by atoms with E-state index in [0.29, 0.717) is 0 Å². The van der Waals surface area contributed by atoms with Gasteiger partial charge in [-0.05, 0) is 0 Å². The van der Waals surface area contributed by atoms with Crippen molar-refractivity contribution >= 4 is 0 Å². The number of rotatable bonds is 1. The zero-order valence-electron chi connectivity index (χ0n) is 3.42. The van der Waals surface area contributed by atoms with Gasteiger partial charge in [-0.3, -0.25) is 15.8 Å². The Hall–Kier alpha value is -0.640. The van der Waals surface area contributed by atoms with Gasteiger partial charge in [-0.2, -0.15) is 0 Å². The van der Waals surface area contributed by atoms with Crippen LogP contribution in [0.4, 0.5) is 0 Å². The van der Waals surface area contributed by atoms with Crippen LogP contribution in [-0.2, 0) is 0 Å². The smallest absolute Gasteiger partial charge is 0.260 e. The summed E-state index contributed by atoms with van der Waals surface area (Å²) in [6, 6.07) is 0. The minimum Gasteiger partial charge on any atom is -0.269 e. The number of nitrogens with zero attached hydrogens (tertiary/aromatic N) is 1. The van der Waals surface area contributed by atoms with E-state index in [1.807, 2.05) is 0 Å². The van der Waals surface area contributed by atoms with E-state index < -0.39 is 11.1 Å². The van der Waals surface area contributed by atoms with E-state index in [0.717, 1.165) is 0 Å². The Morgan fingerprint density at radius 1 is 2.00 bits per heavy atom. The van der Waals surface area contributed by atoms with Gasteiger partial charge in [0.2, 0.25) is 0 Å². The van der Waals surface area contributed by atoms with Crippen molar-refractivity contribution in [3.63, 3.8) is 0 Å². The molecule has 0 fully saturated rings. The third-order valence-electron chi connectivity index (χ3n) is 0.333. The number of hydrogen-bond donors (Lipinski definition) is 1. The van der Waals surface area contributed by atoms with Gasteiger partial charge in [0.1, 0.15) is 0 Å². The van der Waals surface area contributed by atoms with Crippen LogP contribution in [0.25, 0.3) is 0 Å². The molecule has 0 spiro atoms. The van der Waals surface area contributed by atoms with Crippen LogP contribution in [0.2, 0.25) is 0 Å². The van der Waals surface area contributed by atoms with Crippen LogP contribution < -0.4 is 5.73 Å². The van der Waals surface area contributed by atoms with E-state index in [-0.39, 0.29) is 0 Å². The minimum atomic E-state index is -0.926. The van der Waals surface area contributed by atoms with Crippen molar-refractivity contribution in [3.8, 4) is 0 Å². The topological polar surface area (TPSA) is 69.2 Å². The fourth-order valence-corrected chi connectivity index (χ4v) is 0. The van der Waals surface area contributed by atoms with E-state index in [2.05, 4.69) is 0 Å². The molecular weight excluding hydrogens is 84.0 g/mol. The van der Waals surface area contributed by atoms with E-state index in [1.54, 1.807) is 0 Å². The molecule has 0 aromatic rings. The Morgan fingerprint density at radius 2 is 2.17 bits per heavy atom. The van der Waals surface area contributed by atoms with Crippen molar-refractivity contribution in [2.24, 2.45) is 5.73 Å². The summed E-state index contributed by atoms with van der Waals surface area (Å²) in [5, 5.41) is 9.38. The van der Waals surface area contributed by atoms with Crippen LogP contribution >= 0.6 is 0 Å². The standard InChI is InChI=1S/C2H6N2O2/c1-2(3)4(5)6/h2H,3H2,1H3. The largest absolute Gasteiger partial charge is 0.269 e. The first-order valence-electron chi connectivity index (χ1n) is 1.53. The third-order valence-corrected chi connectivity index (χ3v) is 0.333. The molecule has 0 aliphatic heterocycles. The third kappa shape index (κ3) is 1.66. The first-order chi connectivity index (χ1) is 2.64. The molecule has 1 atom stereocenters. The number of nitro groups is 1. The fourth-order valence-electron chi connectivity index (χ4n) is 0. The molecule has 0 rings (SSSR count). The number of nitrogens with two attached hydrogens (primary N) is 1. The Morgan fingerprint density at radius 3 is 2.17 bits per heavy atom. The van der Waals surface area contributed by atoms with Gasteiger partial charge in [-0.1, -0.05) is 0 Å². The molecule has 0 heterocycles. The molecule has 0 saturated heterocycles. The summed E-state index contributed by atoms with van der Waals surface area (Å²) in [6.07, 6.45) is -0.926. The van der Waals surface area contributed by atoms with Gasteiger partial charge in [0.15, 0.2) is 0 Å². The Labute approximate surface area is 35.1 Å². The van der Waals surface area contributed by atoms with Crippen LogP contribution in [0.5, 0.6) is 0 Å². The molecule has 6 heavy (non-hydrogen) atoms. The second-order valence-corrected chi connectivity index (χ2v) is 1.03. The summed E-state index contributed by atoms with van der Waals surface area (Å²) in [4.78, 5) is 8.82. The fraction of sp³-hybridized carbons (Fsp3) is 1.00. The molecule has 4 heteroatoms. The zero-order valence-corrected chi connectivity index (χ0v) is 3.42. The highest BCUT2D eigenvalue weighted by Crippen LogP contribution is 1.70. The lowest BCUT2D eigenvalue weighted by molar-refractivity contribution is -0.516. The van der Waals surface area contributed by atoms with E-state index >= 15 is 0 Å². The second-order valence-electron chi connectivity index (χ2n) is 1.03. The highest BCUT2D eigenvalue weighted by molar-refractivity contribution is 4.25. The quantitative estimate of drug-likeness (QED) is 0.270. The summed E-state index contributed by atoms with van der Waals surface area (Å²) in [5.41, 5.74) is 4.74. The lowest BCUT2D eigenvalue weighted by Gasteiger charge is -1.88. The molecule has 36 valence electrons. The van der Waals surface area contributed by atoms with E-state index in [4.69, 9.17) is 5.73 Å². The van der Waals surface area contributed by atoms with Crippen LogP contribution in [0.1, 0.15) is 6.92 Å². The van der Waals surface area contributed by atoms with Crippen molar-refractivity contribution in [2.75, 3.05) is 0 Å². The molecule has 0 aromatic heterocycles. The maximum absolute atomic E-state index is 9.38. The van der Waals surface area contributed by atoms with Crippen LogP contribution in [-0.4, -0.2) is 11.1 Å². The summed E-state index contributed by atoms with van der Waals surface area (Å²) < 4.78 is 0. The van der Waals surface area contributed by atoms with Gasteiger partial charge in [0.05, 0.1) is 0 Å². The van der Waals surface area contributed by atoms with Crippen molar-refractivity contribution in [1.82, 2.24) is 0 Å². The molecular formula is C2H6N2O2. The highest BCUT2D eigenvalue weighted by atomic mass is 16.6. The molecule has 0 aromatic carbocycles. The lowest BCUT2D eigenvalue weighted by Crippen LogP contribution is -2.24. The molecule has 1 unspecified atom stereocenters. The van der Waals surface area contributed by atoms with Gasteiger partial charge >= 0.3 is 0 Å². The second kappa shape index (κ2) is 1.71. The molecule has 0 aliphatic rings. The zero-order chi connectivity index (χ0) is 5.15. The van der Waals surface area contributed by atoms with Crippen molar-refractivity contribution in [2.45, 2.75) is 13.1 Å². The Balaban J connectivity index is 3.26. The summed E-state index contributed by atoms with van der Waals surface area (Å²) in [6.45, 7) is 1.32. The van der Waals surface area contributed by atoms with Gasteiger partial charge in [-0.25, -0.2) is 0 Å². The molecule has 4 nitrogen and oxygen atoms in total. The molecule has 0 amide bonds. The maximum atomic E-state index is 9.38. The van der Waals surface area contributed by atoms with Gasteiger partial charge in [0, 0.05) is 11.8 Å². The number of hydrogen-bond acceptors (Lipinski definition) is 3. The van der Waals surface area contributed by atoms with Gasteiger partial charge in [-0.15, -0.1) is 0 Å². The summed E-state index contributed by atoms with van der Waals surface area (Å²) in [7, 11) is 0. The van der Waals surface area contributed by atoms with Crippen molar-refractivity contribution in [1.29, 1.82) is 0 Å². The van der Waals surface area contributed by atoms with E-state index in [9.17, 15) is 10.1 Å². The Kier molecular flexibility index (Phi) is 1.53. The van der Waals surface area contributed by atoms with Crippen molar-refractivity contribution in [3.05, 3.63) is 10.1 Å². The van der Waals surface area contributed by atoms with Crippen LogP contribution in [0, 0.1) is 10.1 Å². The molecule has 0 radical (unpaired) electrons. The first-order valence-corrected chi connectivity index (χ1v) is 1.53. The average Bonchev–Trinajstić information content (AvgIpc) is 1.36. The predicted octanol–water partition coefficient (Wildman–Crippen LogP) is -0.432. The predicted molar refractivity (Wildman–Crippen MR) is 20.6 cm³/mol. The monoisotopic (exact) mass is 90.0 g/mol. The molecule has 0 bridgehead atoms. The van der Waals surface area contributed by atoms with Crippen LogP contribution in [0.3, 0.4) is 0 Å². The molecule has 0 aliphatic carbocycles. The molecule has 0 saturated carbocycles. The molecule has 2 N–H and O–H groups in total. The SMILES string of the molecule is CC(N)[N+](=O)[O-]. The van der Waals surface area contributed by atoms with E-state index in [1.165, 1.54) is 6.92 Å². The van der Waals surface area contributed by atoms with Crippen molar-refractivity contribution < 1.29 is 4.92 Å². The highest BCUT2D eigenvalue weighted by Gasteiger charge is 1.99. The first kappa shape index (κ1) is 5.36. The maximum Gasteiger partial charge on any atom is 0.260 e. The van der Waals surface area contributed by atoms with Gasteiger partial charge < -0.3 is 0 Å². The lowest BCUT2D eigenvalue weighted by atomic mass is 10.7. The minimum absolute atomic E-state index is 0.556. The van der Waals surface area contributed by atoms with Crippen LogP contribution in [0.15, 0.2) is 0 Å².